The largest absolute Gasteiger partial charge is 0.505 e. The highest BCUT2D eigenvalue weighted by molar-refractivity contribution is 5.74. The van der Waals surface area contributed by atoms with Crippen molar-refractivity contribution in [3.05, 3.63) is 95.3 Å². The van der Waals surface area contributed by atoms with Crippen molar-refractivity contribution in [2.24, 2.45) is 10.8 Å². The molecule has 8 nitrogen and oxygen atoms in total. The zero-order valence-corrected chi connectivity index (χ0v) is 33.1. The Morgan fingerprint density at radius 3 is 1.55 bits per heavy atom. The molecular formula is C43H60N6O2. The molecule has 51 heavy (non-hydrogen) atoms. The second-order valence-electron chi connectivity index (χ2n) is 17.4. The van der Waals surface area contributed by atoms with Crippen molar-refractivity contribution in [2.75, 3.05) is 0 Å². The fraction of sp³-hybridized carbons (Fsp3) is 0.488. The number of hydrogen-bond acceptors (Lipinski definition) is 6. The molecule has 274 valence electrons. The van der Waals surface area contributed by atoms with Crippen molar-refractivity contribution in [2.45, 2.75) is 126 Å². The molecule has 2 N–H and O–H groups in total. The maximum absolute atomic E-state index is 12.0. The van der Waals surface area contributed by atoms with E-state index in [4.69, 9.17) is 15.3 Å². The molecule has 2 aromatic heterocycles. The number of aryl methyl sites for hydroxylation is 1. The Bertz CT molecular complexity index is 1930. The average molecular weight is 693 g/mol. The molecule has 3 aromatic carbocycles. The zero-order valence-electron chi connectivity index (χ0n) is 33.1. The fourth-order valence-corrected chi connectivity index (χ4v) is 7.52. The standard InChI is InChI=1S/C41H54N6O2.C2H6/c1-12-13-16-31-24-42-46(43-31)34-22-29(40(8,9)25-38(2,3)4)20-27(36(34)48)19-28-21-30(41(10,11)26-39(5,6)7)23-35(37(28)49)47-44-32-17-14-15-18-33(32)45-47;1-2/h12,14-15,17-18,20-24,48-49H,1,13,16,19,25-26H2,2-11H3;1-2H3. The van der Waals surface area contributed by atoms with E-state index in [1.54, 1.807) is 6.20 Å². The van der Waals surface area contributed by atoms with Crippen molar-refractivity contribution in [3.8, 4) is 22.9 Å². The average Bonchev–Trinajstić information content (AvgIpc) is 3.68. The summed E-state index contributed by atoms with van der Waals surface area (Å²) in [6.45, 7) is 30.3. The number of rotatable bonds is 11. The van der Waals surface area contributed by atoms with Crippen LogP contribution in [0.1, 0.15) is 130 Å². The summed E-state index contributed by atoms with van der Waals surface area (Å²) >= 11 is 0. The number of aromatic hydroxyl groups is 2. The summed E-state index contributed by atoms with van der Waals surface area (Å²) in [5.74, 6) is 0.171. The number of fused-ring (bicyclic) bond motifs is 1. The number of benzene rings is 3. The van der Waals surface area contributed by atoms with Crippen LogP contribution in [0.5, 0.6) is 11.5 Å². The van der Waals surface area contributed by atoms with Gasteiger partial charge >= 0.3 is 0 Å². The van der Waals surface area contributed by atoms with E-state index in [0.717, 1.165) is 53.5 Å². The Kier molecular flexibility index (Phi) is 11.6. The summed E-state index contributed by atoms with van der Waals surface area (Å²) in [6, 6.07) is 15.9. The second kappa shape index (κ2) is 15.0. The van der Waals surface area contributed by atoms with Gasteiger partial charge in [-0.25, -0.2) is 0 Å². The van der Waals surface area contributed by atoms with Crippen molar-refractivity contribution < 1.29 is 10.2 Å². The van der Waals surface area contributed by atoms with E-state index in [-0.39, 0.29) is 39.6 Å². The van der Waals surface area contributed by atoms with Gasteiger partial charge in [0.15, 0.2) is 0 Å². The summed E-state index contributed by atoms with van der Waals surface area (Å²) < 4.78 is 0. The lowest BCUT2D eigenvalue weighted by Gasteiger charge is -2.34. The van der Waals surface area contributed by atoms with Gasteiger partial charge < -0.3 is 10.2 Å². The SMILES string of the molecule is C=CCCc1cnn(-c2cc(C(C)(C)CC(C)(C)C)cc(Cc3cc(C(C)(C)CC(C)(C)C)cc(-n4nc5ccccc5n4)c3O)c2O)n1.CC. The van der Waals surface area contributed by atoms with Gasteiger partial charge in [-0.05, 0) is 82.7 Å². The first-order valence-corrected chi connectivity index (χ1v) is 18.3. The molecule has 5 aromatic rings. The molecule has 0 aliphatic heterocycles. The molecule has 5 rings (SSSR count). The Balaban J connectivity index is 0.00000286. The summed E-state index contributed by atoms with van der Waals surface area (Å²) in [4.78, 5) is 3.06. The molecule has 0 aliphatic rings. The van der Waals surface area contributed by atoms with E-state index in [1.165, 1.54) is 9.59 Å². The smallest absolute Gasteiger partial charge is 0.146 e. The molecule has 0 amide bonds. The molecule has 0 aliphatic carbocycles. The normalized spacial score (nSPS) is 12.5. The van der Waals surface area contributed by atoms with Gasteiger partial charge in [-0.15, -0.1) is 26.4 Å². The molecular weight excluding hydrogens is 633 g/mol. The van der Waals surface area contributed by atoms with Crippen LogP contribution in [-0.4, -0.2) is 40.2 Å². The number of allylic oxidation sites excluding steroid dienone is 1. The van der Waals surface area contributed by atoms with Crippen molar-refractivity contribution in [1.82, 2.24) is 30.0 Å². The van der Waals surface area contributed by atoms with Crippen LogP contribution in [-0.2, 0) is 23.7 Å². The molecule has 0 saturated heterocycles. The minimum Gasteiger partial charge on any atom is -0.505 e. The first kappa shape index (κ1) is 39.3. The van der Waals surface area contributed by atoms with Gasteiger partial charge in [-0.2, -0.15) is 10.2 Å². The number of aromatic nitrogens is 6. The highest BCUT2D eigenvalue weighted by Crippen LogP contribution is 2.43. The van der Waals surface area contributed by atoms with Gasteiger partial charge in [0, 0.05) is 17.5 Å². The summed E-state index contributed by atoms with van der Waals surface area (Å²) in [6.07, 6.45) is 7.24. The van der Waals surface area contributed by atoms with Crippen LogP contribution in [0.3, 0.4) is 0 Å². The number of phenolic OH excluding ortho intramolecular Hbond substituents is 2. The first-order valence-electron chi connectivity index (χ1n) is 18.3. The highest BCUT2D eigenvalue weighted by Gasteiger charge is 2.32. The van der Waals surface area contributed by atoms with Crippen LogP contribution in [0.25, 0.3) is 22.4 Å². The minimum absolute atomic E-state index is 0.0712. The molecule has 0 fully saturated rings. The van der Waals surface area contributed by atoms with E-state index >= 15 is 0 Å². The van der Waals surface area contributed by atoms with Crippen LogP contribution in [0.2, 0.25) is 0 Å². The van der Waals surface area contributed by atoms with Gasteiger partial charge in [0.25, 0.3) is 0 Å². The van der Waals surface area contributed by atoms with Crippen LogP contribution in [0.4, 0.5) is 0 Å². The van der Waals surface area contributed by atoms with Gasteiger partial charge in [0.1, 0.15) is 33.9 Å². The fourth-order valence-electron chi connectivity index (χ4n) is 7.52. The highest BCUT2D eigenvalue weighted by atomic mass is 16.3. The number of nitrogens with zero attached hydrogens (tertiary/aromatic N) is 6. The molecule has 0 bridgehead atoms. The van der Waals surface area contributed by atoms with Crippen LogP contribution < -0.4 is 0 Å². The molecule has 8 heteroatoms. The Labute approximate surface area is 305 Å². The van der Waals surface area contributed by atoms with E-state index in [9.17, 15) is 10.2 Å². The minimum atomic E-state index is -0.230. The Morgan fingerprint density at radius 1 is 0.667 bits per heavy atom. The van der Waals surface area contributed by atoms with E-state index < -0.39 is 0 Å². The first-order chi connectivity index (χ1) is 23.8. The van der Waals surface area contributed by atoms with Crippen LogP contribution >= 0.6 is 0 Å². The maximum atomic E-state index is 12.0. The van der Waals surface area contributed by atoms with E-state index in [1.807, 2.05) is 56.3 Å². The molecule has 0 saturated carbocycles. The van der Waals surface area contributed by atoms with Crippen LogP contribution in [0, 0.1) is 10.8 Å². The number of phenols is 2. The monoisotopic (exact) mass is 692 g/mol. The van der Waals surface area contributed by atoms with Gasteiger partial charge in [-0.3, -0.25) is 0 Å². The molecule has 0 radical (unpaired) electrons. The maximum Gasteiger partial charge on any atom is 0.146 e. The third kappa shape index (κ3) is 9.46. The van der Waals surface area contributed by atoms with Crippen LogP contribution in [0.15, 0.2) is 67.4 Å². The zero-order chi connectivity index (χ0) is 37.9. The summed E-state index contributed by atoms with van der Waals surface area (Å²) in [5.41, 5.74) is 6.54. The van der Waals surface area contributed by atoms with Crippen molar-refractivity contribution >= 4 is 11.0 Å². The van der Waals surface area contributed by atoms with Crippen molar-refractivity contribution in [1.29, 1.82) is 0 Å². The molecule has 2 heterocycles. The van der Waals surface area contributed by atoms with E-state index in [0.29, 0.717) is 22.5 Å². The molecule has 0 unspecified atom stereocenters. The summed E-state index contributed by atoms with van der Waals surface area (Å²) in [7, 11) is 0. The molecule has 0 atom stereocenters. The quantitative estimate of drug-likeness (QED) is 0.134. The Hall–Kier alpha value is -4.46. The predicted octanol–water partition coefficient (Wildman–Crippen LogP) is 10.6. The summed E-state index contributed by atoms with van der Waals surface area (Å²) in [5, 5.41) is 42.7. The second-order valence-corrected chi connectivity index (χ2v) is 17.4. The number of hydrogen-bond donors (Lipinski definition) is 2. The predicted molar refractivity (Wildman–Crippen MR) is 210 cm³/mol. The topological polar surface area (TPSA) is 102 Å². The Morgan fingerprint density at radius 2 is 1.12 bits per heavy atom. The third-order valence-corrected chi connectivity index (χ3v) is 9.09. The van der Waals surface area contributed by atoms with Crippen molar-refractivity contribution in [3.63, 3.8) is 0 Å². The lowest BCUT2D eigenvalue weighted by molar-refractivity contribution is 0.283. The lowest BCUT2D eigenvalue weighted by atomic mass is 9.71. The van der Waals surface area contributed by atoms with Gasteiger partial charge in [0.2, 0.25) is 0 Å². The third-order valence-electron chi connectivity index (χ3n) is 9.09. The van der Waals surface area contributed by atoms with E-state index in [2.05, 4.69) is 93.0 Å². The molecule has 0 spiro atoms. The van der Waals surface area contributed by atoms with Gasteiger partial charge in [-0.1, -0.05) is 113 Å². The van der Waals surface area contributed by atoms with Gasteiger partial charge in [0.05, 0.1) is 11.9 Å². The lowest BCUT2D eigenvalue weighted by Crippen LogP contribution is -2.25.